The molecule has 6 nitrogen and oxygen atoms in total. The molecule has 1 aliphatic heterocycles. The van der Waals surface area contributed by atoms with Crippen molar-refractivity contribution in [3.05, 3.63) is 46.0 Å². The van der Waals surface area contributed by atoms with Crippen LogP contribution in [0.5, 0.6) is 0 Å². The number of piperidine rings is 1. The van der Waals surface area contributed by atoms with Gasteiger partial charge >= 0.3 is 11.7 Å². The largest absolute Gasteiger partial charge is 0.446 e. The molecule has 1 N–H and O–H groups in total. The molecule has 2 heterocycles. The van der Waals surface area contributed by atoms with E-state index in [0.717, 1.165) is 44.1 Å². The number of allylic oxidation sites excluding steroid dienone is 2. The average Bonchev–Trinajstić information content (AvgIpc) is 3.22. The van der Waals surface area contributed by atoms with Gasteiger partial charge in [-0.1, -0.05) is 25.5 Å². The number of likely N-dealkylation sites (tertiary alicyclic amines) is 1. The molecule has 36 heavy (non-hydrogen) atoms. The Bertz CT molecular complexity index is 1070. The molecule has 0 unspecified atom stereocenters. The minimum Gasteiger partial charge on any atom is -0.446 e. The van der Waals surface area contributed by atoms with Crippen molar-refractivity contribution in [3.8, 4) is 0 Å². The molecule has 1 aromatic heterocycles. The van der Waals surface area contributed by atoms with Gasteiger partial charge in [-0.05, 0) is 110 Å². The molecule has 1 amide bonds. The van der Waals surface area contributed by atoms with Gasteiger partial charge in [0.15, 0.2) is 0 Å². The minimum absolute atomic E-state index is 0.00265. The summed E-state index contributed by atoms with van der Waals surface area (Å²) in [6, 6.07) is 3.53. The van der Waals surface area contributed by atoms with E-state index in [1.807, 2.05) is 6.07 Å². The van der Waals surface area contributed by atoms with E-state index in [2.05, 4.69) is 19.9 Å². The number of β-amino-alcohol motifs (C(OH)–C–C–N with tert-alkyl or cyclic N) is 1. The van der Waals surface area contributed by atoms with Crippen molar-refractivity contribution in [1.82, 2.24) is 4.90 Å². The molecule has 6 rings (SSSR count). The van der Waals surface area contributed by atoms with Gasteiger partial charge in [-0.25, -0.2) is 9.59 Å². The zero-order valence-corrected chi connectivity index (χ0v) is 21.8. The lowest BCUT2D eigenvalue weighted by Gasteiger charge is -2.59. The van der Waals surface area contributed by atoms with E-state index in [1.165, 1.54) is 25.7 Å². The Labute approximate surface area is 214 Å². The average molecular weight is 496 g/mol. The molecular weight excluding hydrogens is 454 g/mol. The number of carbonyl (C=O) groups is 1. The molecule has 4 aliphatic carbocycles. The third kappa shape index (κ3) is 3.95. The molecule has 0 aromatic carbocycles. The molecular formula is C30H41NO5. The first kappa shape index (κ1) is 24.3. The summed E-state index contributed by atoms with van der Waals surface area (Å²) in [5.41, 5.74) is 2.99. The van der Waals surface area contributed by atoms with Gasteiger partial charge in [-0.3, -0.25) is 0 Å². The molecule has 6 heteroatoms. The number of hydrogen-bond acceptors (Lipinski definition) is 5. The van der Waals surface area contributed by atoms with Crippen LogP contribution < -0.4 is 5.63 Å². The summed E-state index contributed by atoms with van der Waals surface area (Å²) in [6.07, 6.45) is 14.1. The zero-order chi connectivity index (χ0) is 25.1. The van der Waals surface area contributed by atoms with Gasteiger partial charge in [-0.2, -0.15) is 0 Å². The molecule has 0 spiro atoms. The Balaban J connectivity index is 1.14. The third-order valence-electron chi connectivity index (χ3n) is 11.1. The number of fused-ring (bicyclic) bond motifs is 5. The van der Waals surface area contributed by atoms with E-state index in [0.29, 0.717) is 42.2 Å². The van der Waals surface area contributed by atoms with E-state index in [-0.39, 0.29) is 23.2 Å². The topological polar surface area (TPSA) is 80.0 Å². The number of nitrogens with zero attached hydrogens (tertiary/aromatic N) is 1. The summed E-state index contributed by atoms with van der Waals surface area (Å²) in [6.45, 7) is 6.06. The van der Waals surface area contributed by atoms with Gasteiger partial charge in [0.2, 0.25) is 0 Å². The van der Waals surface area contributed by atoms with Crippen LogP contribution in [0.1, 0.15) is 89.5 Å². The molecule has 1 saturated heterocycles. The van der Waals surface area contributed by atoms with Gasteiger partial charge in [0, 0.05) is 19.2 Å². The van der Waals surface area contributed by atoms with Crippen molar-refractivity contribution in [3.63, 3.8) is 0 Å². The van der Waals surface area contributed by atoms with E-state index >= 15 is 0 Å². The quantitative estimate of drug-likeness (QED) is 0.537. The van der Waals surface area contributed by atoms with Crippen molar-refractivity contribution in [2.24, 2.45) is 28.6 Å². The van der Waals surface area contributed by atoms with Gasteiger partial charge in [-0.15, -0.1) is 0 Å². The maximum atomic E-state index is 12.8. The molecule has 4 fully saturated rings. The number of ether oxygens (including phenoxy) is 1. The summed E-state index contributed by atoms with van der Waals surface area (Å²) >= 11 is 0. The number of hydrogen-bond donors (Lipinski definition) is 1. The maximum absolute atomic E-state index is 12.8. The van der Waals surface area contributed by atoms with Crippen LogP contribution in [0.4, 0.5) is 4.79 Å². The number of carbonyl (C=O) groups excluding carboxylic acids is 1. The third-order valence-corrected chi connectivity index (χ3v) is 11.1. The second kappa shape index (κ2) is 9.04. The number of aliphatic hydroxyl groups is 1. The molecule has 0 bridgehead atoms. The van der Waals surface area contributed by atoms with Crippen LogP contribution >= 0.6 is 0 Å². The highest BCUT2D eigenvalue weighted by Crippen LogP contribution is 2.67. The molecule has 3 saturated carbocycles. The first-order valence-electron chi connectivity index (χ1n) is 14.2. The van der Waals surface area contributed by atoms with Crippen molar-refractivity contribution in [1.29, 1.82) is 0 Å². The molecule has 1 aromatic rings. The normalized spacial score (nSPS) is 42.1. The Kier molecular flexibility index (Phi) is 6.09. The van der Waals surface area contributed by atoms with Crippen LogP contribution in [0.15, 0.2) is 39.3 Å². The number of rotatable bonds is 2. The summed E-state index contributed by atoms with van der Waals surface area (Å²) in [5.74, 6) is 2.33. The molecule has 8 atom stereocenters. The lowest BCUT2D eigenvalue weighted by Crippen LogP contribution is -2.52. The first-order chi connectivity index (χ1) is 17.3. The van der Waals surface area contributed by atoms with Crippen molar-refractivity contribution >= 4 is 6.09 Å². The zero-order valence-electron chi connectivity index (χ0n) is 21.8. The van der Waals surface area contributed by atoms with Crippen LogP contribution in [-0.2, 0) is 4.74 Å². The van der Waals surface area contributed by atoms with Gasteiger partial charge in [0.1, 0.15) is 6.10 Å². The van der Waals surface area contributed by atoms with Crippen molar-refractivity contribution < 1.29 is 19.1 Å². The number of amides is 1. The Hall–Kier alpha value is -2.08. The van der Waals surface area contributed by atoms with Crippen LogP contribution in [-0.4, -0.2) is 41.4 Å². The van der Waals surface area contributed by atoms with Crippen molar-refractivity contribution in [2.75, 3.05) is 13.1 Å². The highest BCUT2D eigenvalue weighted by molar-refractivity contribution is 5.68. The van der Waals surface area contributed by atoms with Crippen LogP contribution in [0, 0.1) is 28.6 Å². The Morgan fingerprint density at radius 1 is 1.14 bits per heavy atom. The smallest absolute Gasteiger partial charge is 0.410 e. The monoisotopic (exact) mass is 495 g/mol. The summed E-state index contributed by atoms with van der Waals surface area (Å²) < 4.78 is 11.2. The maximum Gasteiger partial charge on any atom is 0.410 e. The SMILES string of the molecule is C[C@]12CC[C@H](OC(=O)N3CCC[C@H](O)C3)C[C@H]1CC[C@H]1C3=CC[C@H](c4ccc(=O)oc4)[C@@]3(C)CC[C@@H]12. The van der Waals surface area contributed by atoms with Crippen LogP contribution in [0.25, 0.3) is 0 Å². The standard InChI is InChI=1S/C30H41NO5/c1-29-13-11-22(36-28(34)31-15-3-4-21(32)17-31)16-20(29)6-7-23-25-9-8-24(19-5-10-27(33)35-18-19)30(25,2)14-12-26(23)29/h5,9-10,18,20-24,26,32H,3-4,6-8,11-17H2,1-2H3/t20-,21+,22+,23+,24-,26+,29+,30-/m1/s1. The summed E-state index contributed by atoms with van der Waals surface area (Å²) in [7, 11) is 0. The Morgan fingerprint density at radius 3 is 2.78 bits per heavy atom. The molecule has 5 aliphatic rings. The molecule has 0 radical (unpaired) electrons. The predicted octanol–water partition coefficient (Wildman–Crippen LogP) is 5.65. The van der Waals surface area contributed by atoms with Crippen LogP contribution in [0.3, 0.4) is 0 Å². The summed E-state index contributed by atoms with van der Waals surface area (Å²) in [4.78, 5) is 26.0. The van der Waals surface area contributed by atoms with E-state index in [9.17, 15) is 14.7 Å². The van der Waals surface area contributed by atoms with Gasteiger partial charge in [0.05, 0.1) is 12.4 Å². The fourth-order valence-electron chi connectivity index (χ4n) is 9.06. The second-order valence-electron chi connectivity index (χ2n) is 12.8. The molecule has 196 valence electrons. The second-order valence-corrected chi connectivity index (χ2v) is 12.8. The lowest BCUT2D eigenvalue weighted by atomic mass is 9.46. The van der Waals surface area contributed by atoms with E-state index in [1.54, 1.807) is 22.8 Å². The van der Waals surface area contributed by atoms with Crippen LogP contribution in [0.2, 0.25) is 0 Å². The number of aliphatic hydroxyl groups excluding tert-OH is 1. The minimum atomic E-state index is -0.418. The fourth-order valence-corrected chi connectivity index (χ4v) is 9.06. The van der Waals surface area contributed by atoms with E-state index in [4.69, 9.17) is 9.15 Å². The lowest BCUT2D eigenvalue weighted by molar-refractivity contribution is -0.0883. The summed E-state index contributed by atoms with van der Waals surface area (Å²) in [5, 5.41) is 9.94. The predicted molar refractivity (Wildman–Crippen MR) is 137 cm³/mol. The Morgan fingerprint density at radius 2 is 2.00 bits per heavy atom. The highest BCUT2D eigenvalue weighted by atomic mass is 16.6. The first-order valence-corrected chi connectivity index (χ1v) is 14.2. The van der Waals surface area contributed by atoms with E-state index < -0.39 is 6.10 Å². The van der Waals surface area contributed by atoms with Crippen molar-refractivity contribution in [2.45, 2.75) is 96.2 Å². The highest BCUT2D eigenvalue weighted by Gasteiger charge is 2.58. The van der Waals surface area contributed by atoms with Gasteiger partial charge < -0.3 is 19.2 Å². The fraction of sp³-hybridized carbons (Fsp3) is 0.733. The van der Waals surface area contributed by atoms with Gasteiger partial charge in [0.25, 0.3) is 0 Å².